The molecule has 1 aromatic carbocycles. The van der Waals surface area contributed by atoms with Crippen molar-refractivity contribution in [3.05, 3.63) is 27.7 Å². The first-order valence-corrected chi connectivity index (χ1v) is 6.56. The summed E-state index contributed by atoms with van der Waals surface area (Å²) in [5, 5.41) is 2.91. The molecule has 1 heterocycles. The van der Waals surface area contributed by atoms with Gasteiger partial charge in [0.05, 0.1) is 0 Å². The zero-order valence-electron chi connectivity index (χ0n) is 10.0. The van der Waals surface area contributed by atoms with Gasteiger partial charge in [0.25, 0.3) is 5.91 Å². The Morgan fingerprint density at radius 2 is 2.06 bits per heavy atom. The van der Waals surface area contributed by atoms with Crippen molar-refractivity contribution in [3.8, 4) is 0 Å². The summed E-state index contributed by atoms with van der Waals surface area (Å²) in [4.78, 5) is 11.9. The van der Waals surface area contributed by atoms with Crippen LogP contribution >= 0.6 is 15.9 Å². The van der Waals surface area contributed by atoms with Crippen molar-refractivity contribution >= 4 is 27.5 Å². The average Bonchev–Trinajstić information content (AvgIpc) is 2.79. The highest BCUT2D eigenvalue weighted by Crippen LogP contribution is 2.25. The number of ether oxygens (including phenoxy) is 1. The lowest BCUT2D eigenvalue weighted by atomic mass is 10.1. The maximum atomic E-state index is 11.9. The zero-order chi connectivity index (χ0) is 12.4. The second-order valence-corrected chi connectivity index (χ2v) is 5.21. The van der Waals surface area contributed by atoms with E-state index in [4.69, 9.17) is 4.74 Å². The Kier molecular flexibility index (Phi) is 3.84. The molecule has 1 unspecified atom stereocenters. The summed E-state index contributed by atoms with van der Waals surface area (Å²) in [5.41, 5.74) is 3.07. The molecule has 4 heteroatoms. The second-order valence-electron chi connectivity index (χ2n) is 4.41. The Hall–Kier alpha value is -0.870. The van der Waals surface area contributed by atoms with Gasteiger partial charge >= 0.3 is 0 Å². The lowest BCUT2D eigenvalue weighted by Crippen LogP contribution is -2.26. The number of carbonyl (C=O) groups excluding carboxylic acids is 1. The summed E-state index contributed by atoms with van der Waals surface area (Å²) in [7, 11) is 0. The molecule has 17 heavy (non-hydrogen) atoms. The van der Waals surface area contributed by atoms with Gasteiger partial charge in [0.15, 0.2) is 0 Å². The molecular formula is C13H16BrNO2. The molecule has 0 saturated carbocycles. The predicted octanol–water partition coefficient (Wildman–Crippen LogP) is 3.18. The van der Waals surface area contributed by atoms with E-state index in [1.165, 1.54) is 0 Å². The standard InChI is InChI=1S/C13H16BrNO2/c1-8-6-10(7-9(2)12(8)14)15-13(16)11-4-3-5-17-11/h6-7,11H,3-5H2,1-2H3,(H,15,16). The molecule has 3 nitrogen and oxygen atoms in total. The number of anilines is 1. The van der Waals surface area contributed by atoms with Gasteiger partial charge in [0.1, 0.15) is 6.10 Å². The smallest absolute Gasteiger partial charge is 0.253 e. The number of halogens is 1. The van der Waals surface area contributed by atoms with Gasteiger partial charge in [0, 0.05) is 16.8 Å². The molecule has 1 aliphatic rings. The largest absolute Gasteiger partial charge is 0.368 e. The highest BCUT2D eigenvalue weighted by Gasteiger charge is 2.23. The van der Waals surface area contributed by atoms with E-state index in [0.29, 0.717) is 6.61 Å². The van der Waals surface area contributed by atoms with Crippen molar-refractivity contribution in [1.82, 2.24) is 0 Å². The number of amides is 1. The van der Waals surface area contributed by atoms with Gasteiger partial charge in [-0.05, 0) is 49.9 Å². The Labute approximate surface area is 110 Å². The first-order chi connectivity index (χ1) is 8.08. The Morgan fingerprint density at radius 3 is 2.59 bits per heavy atom. The SMILES string of the molecule is Cc1cc(NC(=O)C2CCCO2)cc(C)c1Br. The van der Waals surface area contributed by atoms with Gasteiger partial charge in [-0.25, -0.2) is 0 Å². The first-order valence-electron chi connectivity index (χ1n) is 5.77. The molecule has 0 spiro atoms. The molecule has 1 aromatic rings. The van der Waals surface area contributed by atoms with E-state index in [1.807, 2.05) is 26.0 Å². The fourth-order valence-electron chi connectivity index (χ4n) is 2.03. The van der Waals surface area contributed by atoms with E-state index in [1.54, 1.807) is 0 Å². The molecule has 0 aliphatic carbocycles. The lowest BCUT2D eigenvalue weighted by molar-refractivity contribution is -0.124. The van der Waals surface area contributed by atoms with Crippen molar-refractivity contribution < 1.29 is 9.53 Å². The van der Waals surface area contributed by atoms with Crippen molar-refractivity contribution in [1.29, 1.82) is 0 Å². The van der Waals surface area contributed by atoms with Crippen molar-refractivity contribution in [3.63, 3.8) is 0 Å². The van der Waals surface area contributed by atoms with Gasteiger partial charge in [-0.2, -0.15) is 0 Å². The summed E-state index contributed by atoms with van der Waals surface area (Å²) < 4.78 is 6.44. The van der Waals surface area contributed by atoms with Crippen LogP contribution < -0.4 is 5.32 Å². The van der Waals surface area contributed by atoms with Crippen LogP contribution in [0.4, 0.5) is 5.69 Å². The Morgan fingerprint density at radius 1 is 1.41 bits per heavy atom. The van der Waals surface area contributed by atoms with E-state index < -0.39 is 0 Å². The highest BCUT2D eigenvalue weighted by molar-refractivity contribution is 9.10. The van der Waals surface area contributed by atoms with Crippen LogP contribution in [0.5, 0.6) is 0 Å². The quantitative estimate of drug-likeness (QED) is 0.910. The molecule has 1 saturated heterocycles. The summed E-state index contributed by atoms with van der Waals surface area (Å²) in [5.74, 6) is -0.0383. The van der Waals surface area contributed by atoms with Crippen LogP contribution in [0.3, 0.4) is 0 Å². The minimum Gasteiger partial charge on any atom is -0.368 e. The molecule has 0 bridgehead atoms. The third kappa shape index (κ3) is 2.87. The maximum Gasteiger partial charge on any atom is 0.253 e. The van der Waals surface area contributed by atoms with Gasteiger partial charge < -0.3 is 10.1 Å². The van der Waals surface area contributed by atoms with Crippen LogP contribution in [0.2, 0.25) is 0 Å². The number of nitrogens with one attached hydrogen (secondary N) is 1. The molecule has 1 atom stereocenters. The molecule has 1 amide bonds. The molecule has 92 valence electrons. The van der Waals surface area contributed by atoms with Crippen LogP contribution in [0.1, 0.15) is 24.0 Å². The van der Waals surface area contributed by atoms with Crippen molar-refractivity contribution in [2.24, 2.45) is 0 Å². The predicted molar refractivity (Wildman–Crippen MR) is 71.2 cm³/mol. The van der Waals surface area contributed by atoms with Gasteiger partial charge in [-0.3, -0.25) is 4.79 Å². The molecule has 0 aromatic heterocycles. The fourth-order valence-corrected chi connectivity index (χ4v) is 2.25. The molecular weight excluding hydrogens is 282 g/mol. The number of aryl methyl sites for hydroxylation is 2. The maximum absolute atomic E-state index is 11.9. The fraction of sp³-hybridized carbons (Fsp3) is 0.462. The van der Waals surface area contributed by atoms with Crippen molar-refractivity contribution in [2.75, 3.05) is 11.9 Å². The number of hydrogen-bond donors (Lipinski definition) is 1. The van der Waals surface area contributed by atoms with E-state index in [2.05, 4.69) is 21.2 Å². The third-order valence-corrected chi connectivity index (χ3v) is 4.18. The van der Waals surface area contributed by atoms with Crippen LogP contribution in [-0.2, 0) is 9.53 Å². The van der Waals surface area contributed by atoms with E-state index >= 15 is 0 Å². The van der Waals surface area contributed by atoms with Crippen LogP contribution in [0.15, 0.2) is 16.6 Å². The monoisotopic (exact) mass is 297 g/mol. The summed E-state index contributed by atoms with van der Waals surface area (Å²) in [6, 6.07) is 3.92. The average molecular weight is 298 g/mol. The number of hydrogen-bond acceptors (Lipinski definition) is 2. The molecule has 1 fully saturated rings. The number of carbonyl (C=O) groups is 1. The van der Waals surface area contributed by atoms with E-state index in [0.717, 1.165) is 34.1 Å². The van der Waals surface area contributed by atoms with E-state index in [-0.39, 0.29) is 12.0 Å². The Balaban J connectivity index is 2.10. The second kappa shape index (κ2) is 5.19. The summed E-state index contributed by atoms with van der Waals surface area (Å²) in [6.07, 6.45) is 1.51. The van der Waals surface area contributed by atoms with Gasteiger partial charge in [-0.15, -0.1) is 0 Å². The minimum absolute atomic E-state index is 0.0383. The van der Waals surface area contributed by atoms with E-state index in [9.17, 15) is 4.79 Å². The summed E-state index contributed by atoms with van der Waals surface area (Å²) in [6.45, 7) is 4.72. The normalized spacial score (nSPS) is 19.4. The zero-order valence-corrected chi connectivity index (χ0v) is 11.6. The molecule has 0 radical (unpaired) electrons. The number of benzene rings is 1. The van der Waals surface area contributed by atoms with Crippen LogP contribution in [-0.4, -0.2) is 18.6 Å². The minimum atomic E-state index is -0.278. The summed E-state index contributed by atoms with van der Waals surface area (Å²) >= 11 is 3.51. The van der Waals surface area contributed by atoms with Crippen LogP contribution in [0.25, 0.3) is 0 Å². The van der Waals surface area contributed by atoms with Gasteiger partial charge in [-0.1, -0.05) is 15.9 Å². The Bertz CT molecular complexity index is 416. The third-order valence-electron chi connectivity index (χ3n) is 2.93. The molecule has 1 N–H and O–H groups in total. The molecule has 1 aliphatic heterocycles. The topological polar surface area (TPSA) is 38.3 Å². The van der Waals surface area contributed by atoms with Gasteiger partial charge in [0.2, 0.25) is 0 Å². The lowest BCUT2D eigenvalue weighted by Gasteiger charge is -2.12. The molecule has 2 rings (SSSR count). The first kappa shape index (κ1) is 12.6. The number of rotatable bonds is 2. The highest BCUT2D eigenvalue weighted by atomic mass is 79.9. The van der Waals surface area contributed by atoms with Crippen molar-refractivity contribution in [2.45, 2.75) is 32.8 Å². The van der Waals surface area contributed by atoms with Crippen LogP contribution in [0, 0.1) is 13.8 Å².